The molecule has 0 aromatic heterocycles. The predicted octanol–water partition coefficient (Wildman–Crippen LogP) is 3.02. The van der Waals surface area contributed by atoms with Crippen molar-refractivity contribution in [1.82, 2.24) is 10.6 Å². The number of carbonyl (C=O) groups excluding carboxylic acids is 3. The average molecular weight is 409 g/mol. The highest BCUT2D eigenvalue weighted by Gasteiger charge is 2.30. The summed E-state index contributed by atoms with van der Waals surface area (Å²) in [5, 5.41) is 5.53. The lowest BCUT2D eigenvalue weighted by Gasteiger charge is -2.26. The fourth-order valence-electron chi connectivity index (χ4n) is 2.36. The molecule has 0 spiro atoms. The minimum absolute atomic E-state index is 0.0611. The number of rotatable bonds is 9. The van der Waals surface area contributed by atoms with Crippen LogP contribution in [0, 0.1) is 5.92 Å². The van der Waals surface area contributed by atoms with Crippen LogP contribution in [0.4, 0.5) is 0 Å². The number of hydrogen-bond acceptors (Lipinski definition) is 5. The molecule has 0 aliphatic carbocycles. The van der Waals surface area contributed by atoms with Crippen LogP contribution in [0.1, 0.15) is 51.9 Å². The molecule has 0 aliphatic rings. The molecule has 2 N–H and O–H groups in total. The smallest absolute Gasteiger partial charge is 0.329 e. The maximum atomic E-state index is 12.9. The molecule has 2 amide bonds. The minimum Gasteiger partial charge on any atom is -0.464 e. The molecule has 2 atom stereocenters. The van der Waals surface area contributed by atoms with Gasteiger partial charge in [0, 0.05) is 16.1 Å². The SMILES string of the molecule is CCOC(=O)[C@H](CSC(C)(C)C)NC(=O)[C@@H](NC(=O)c1ccccc1)C(C)C. The second-order valence-corrected chi connectivity index (χ2v) is 9.64. The summed E-state index contributed by atoms with van der Waals surface area (Å²) >= 11 is 1.57. The zero-order valence-corrected chi connectivity index (χ0v) is 18.4. The van der Waals surface area contributed by atoms with Crippen molar-refractivity contribution < 1.29 is 19.1 Å². The molecule has 0 radical (unpaired) electrons. The Bertz CT molecular complexity index is 656. The van der Waals surface area contributed by atoms with E-state index in [-0.39, 0.29) is 23.2 Å². The lowest BCUT2D eigenvalue weighted by atomic mass is 10.0. The zero-order chi connectivity index (χ0) is 21.3. The van der Waals surface area contributed by atoms with E-state index in [2.05, 4.69) is 10.6 Å². The summed E-state index contributed by atoms with van der Waals surface area (Å²) in [6.07, 6.45) is 0. The Kier molecular flexibility index (Phi) is 9.52. The minimum atomic E-state index is -0.772. The Morgan fingerprint density at radius 1 is 1.07 bits per heavy atom. The second kappa shape index (κ2) is 11.1. The van der Waals surface area contributed by atoms with Crippen molar-refractivity contribution in [1.29, 1.82) is 0 Å². The van der Waals surface area contributed by atoms with Crippen molar-refractivity contribution in [2.24, 2.45) is 5.92 Å². The number of benzene rings is 1. The first-order chi connectivity index (χ1) is 13.0. The number of carbonyl (C=O) groups is 3. The van der Waals surface area contributed by atoms with Gasteiger partial charge in [0.05, 0.1) is 6.61 Å². The summed E-state index contributed by atoms with van der Waals surface area (Å²) in [6, 6.07) is 7.19. The van der Waals surface area contributed by atoms with E-state index in [9.17, 15) is 14.4 Å². The Hall–Kier alpha value is -2.02. The summed E-state index contributed by atoms with van der Waals surface area (Å²) in [4.78, 5) is 37.6. The summed E-state index contributed by atoms with van der Waals surface area (Å²) in [6.45, 7) is 11.8. The van der Waals surface area contributed by atoms with Crippen molar-refractivity contribution in [2.45, 2.75) is 58.4 Å². The maximum absolute atomic E-state index is 12.9. The average Bonchev–Trinajstić information content (AvgIpc) is 2.62. The molecule has 0 unspecified atom stereocenters. The molecule has 28 heavy (non-hydrogen) atoms. The highest BCUT2D eigenvalue weighted by molar-refractivity contribution is 8.00. The molecule has 0 fully saturated rings. The molecule has 0 saturated heterocycles. The van der Waals surface area contributed by atoms with Crippen LogP contribution in [-0.2, 0) is 14.3 Å². The summed E-state index contributed by atoms with van der Waals surface area (Å²) in [5.74, 6) is -0.945. The number of ether oxygens (including phenoxy) is 1. The zero-order valence-electron chi connectivity index (χ0n) is 17.6. The van der Waals surface area contributed by atoms with Crippen LogP contribution >= 0.6 is 11.8 Å². The van der Waals surface area contributed by atoms with E-state index in [4.69, 9.17) is 4.74 Å². The summed E-state index contributed by atoms with van der Waals surface area (Å²) in [7, 11) is 0. The first kappa shape index (κ1) is 24.0. The topological polar surface area (TPSA) is 84.5 Å². The second-order valence-electron chi connectivity index (χ2n) is 7.80. The maximum Gasteiger partial charge on any atom is 0.329 e. The van der Waals surface area contributed by atoms with Crippen molar-refractivity contribution >= 4 is 29.5 Å². The first-order valence-electron chi connectivity index (χ1n) is 9.52. The van der Waals surface area contributed by atoms with Crippen LogP contribution in [0.3, 0.4) is 0 Å². The Balaban J connectivity index is 2.87. The third-order valence-corrected chi connectivity index (χ3v) is 5.21. The molecular weight excluding hydrogens is 376 g/mol. The fraction of sp³-hybridized carbons (Fsp3) is 0.571. The van der Waals surface area contributed by atoms with Crippen molar-refractivity contribution in [3.63, 3.8) is 0 Å². The van der Waals surface area contributed by atoms with Crippen molar-refractivity contribution in [2.75, 3.05) is 12.4 Å². The number of esters is 1. The van der Waals surface area contributed by atoms with Crippen molar-refractivity contribution in [3.8, 4) is 0 Å². The van der Waals surface area contributed by atoms with Gasteiger partial charge in [-0.05, 0) is 25.0 Å². The molecule has 0 heterocycles. The molecular formula is C21H32N2O4S. The Labute approximate surface area is 172 Å². The molecule has 1 rings (SSSR count). The molecule has 1 aromatic rings. The Morgan fingerprint density at radius 2 is 1.68 bits per heavy atom. The van der Waals surface area contributed by atoms with Crippen LogP contribution in [0.2, 0.25) is 0 Å². The highest BCUT2D eigenvalue weighted by Crippen LogP contribution is 2.24. The number of amides is 2. The van der Waals surface area contributed by atoms with Crippen molar-refractivity contribution in [3.05, 3.63) is 35.9 Å². The number of thioether (sulfide) groups is 1. The van der Waals surface area contributed by atoms with Gasteiger partial charge in [0.2, 0.25) is 5.91 Å². The Morgan fingerprint density at radius 3 is 2.18 bits per heavy atom. The van der Waals surface area contributed by atoms with E-state index < -0.39 is 24.0 Å². The standard InChI is InChI=1S/C21H32N2O4S/c1-7-27-20(26)16(13-28-21(4,5)6)22-19(25)17(14(2)3)23-18(24)15-11-9-8-10-12-15/h8-12,14,16-17H,7,13H2,1-6H3,(H,22,25)(H,23,24)/t16-,17-/m0/s1. The molecule has 6 nitrogen and oxygen atoms in total. The number of nitrogens with one attached hydrogen (secondary N) is 2. The van der Waals surface area contributed by atoms with E-state index in [1.165, 1.54) is 0 Å². The molecule has 156 valence electrons. The van der Waals surface area contributed by atoms with Gasteiger partial charge in [-0.1, -0.05) is 52.8 Å². The highest BCUT2D eigenvalue weighted by atomic mass is 32.2. The molecule has 7 heteroatoms. The van der Waals surface area contributed by atoms with Gasteiger partial charge in [-0.2, -0.15) is 11.8 Å². The normalized spacial score (nSPS) is 13.5. The van der Waals surface area contributed by atoms with Crippen LogP contribution < -0.4 is 10.6 Å². The van der Waals surface area contributed by atoms with Gasteiger partial charge in [-0.25, -0.2) is 4.79 Å². The lowest BCUT2D eigenvalue weighted by molar-refractivity contribution is -0.147. The molecule has 0 bridgehead atoms. The third kappa shape index (κ3) is 8.33. The van der Waals surface area contributed by atoms with E-state index >= 15 is 0 Å². The van der Waals surface area contributed by atoms with Crippen LogP contribution in [0.5, 0.6) is 0 Å². The van der Waals surface area contributed by atoms with E-state index in [0.717, 1.165) is 0 Å². The molecule has 0 aliphatic heterocycles. The van der Waals surface area contributed by atoms with E-state index in [0.29, 0.717) is 11.3 Å². The van der Waals surface area contributed by atoms with E-state index in [1.807, 2.05) is 40.7 Å². The van der Waals surface area contributed by atoms with Gasteiger partial charge in [-0.15, -0.1) is 0 Å². The van der Waals surface area contributed by atoms with Gasteiger partial charge in [0.15, 0.2) is 0 Å². The van der Waals surface area contributed by atoms with Crippen LogP contribution in [0.25, 0.3) is 0 Å². The van der Waals surface area contributed by atoms with Gasteiger partial charge >= 0.3 is 5.97 Å². The van der Waals surface area contributed by atoms with E-state index in [1.54, 1.807) is 43.0 Å². The molecule has 0 saturated carbocycles. The monoisotopic (exact) mass is 408 g/mol. The van der Waals surface area contributed by atoms with Crippen LogP contribution in [0.15, 0.2) is 30.3 Å². The first-order valence-corrected chi connectivity index (χ1v) is 10.5. The largest absolute Gasteiger partial charge is 0.464 e. The van der Waals surface area contributed by atoms with Crippen LogP contribution in [-0.4, -0.2) is 47.0 Å². The predicted molar refractivity (Wildman–Crippen MR) is 113 cm³/mol. The van der Waals surface area contributed by atoms with Gasteiger partial charge in [-0.3, -0.25) is 9.59 Å². The van der Waals surface area contributed by atoms with Gasteiger partial charge in [0.1, 0.15) is 12.1 Å². The fourth-order valence-corrected chi connectivity index (χ4v) is 3.24. The molecule has 1 aromatic carbocycles. The lowest BCUT2D eigenvalue weighted by Crippen LogP contribution is -2.54. The third-order valence-electron chi connectivity index (χ3n) is 3.84. The van der Waals surface area contributed by atoms with Gasteiger partial charge in [0.25, 0.3) is 5.91 Å². The summed E-state index contributed by atoms with van der Waals surface area (Å²) in [5.41, 5.74) is 0.478. The quantitative estimate of drug-likeness (QED) is 0.614. The van der Waals surface area contributed by atoms with Gasteiger partial charge < -0.3 is 15.4 Å². The number of hydrogen-bond donors (Lipinski definition) is 2. The summed E-state index contributed by atoms with van der Waals surface area (Å²) < 4.78 is 5.05.